The zero-order valence-corrected chi connectivity index (χ0v) is 23.2. The summed E-state index contributed by atoms with van der Waals surface area (Å²) in [6, 6.07) is 5.77. The van der Waals surface area contributed by atoms with Crippen LogP contribution in [0.2, 0.25) is 0 Å². The smallest absolute Gasteiger partial charge is 0.185 e. The average Bonchev–Trinajstić information content (AvgIpc) is 3.48. The van der Waals surface area contributed by atoms with Gasteiger partial charge in [0.05, 0.1) is 24.4 Å². The minimum absolute atomic E-state index is 0.00396. The summed E-state index contributed by atoms with van der Waals surface area (Å²) in [7, 11) is 1.47. The van der Waals surface area contributed by atoms with Crippen molar-refractivity contribution < 1.29 is 27.4 Å². The van der Waals surface area contributed by atoms with Crippen molar-refractivity contribution >= 4 is 5.78 Å². The first-order chi connectivity index (χ1) is 20.3. The molecular weight excluding hydrogens is 549 g/mol. The van der Waals surface area contributed by atoms with Gasteiger partial charge in [0.1, 0.15) is 41.2 Å². The van der Waals surface area contributed by atoms with Crippen LogP contribution in [0.5, 0.6) is 5.75 Å². The molecule has 9 nitrogen and oxygen atoms in total. The van der Waals surface area contributed by atoms with Crippen molar-refractivity contribution in [2.75, 3.05) is 20.3 Å². The molecule has 0 unspecified atom stereocenters. The lowest BCUT2D eigenvalue weighted by molar-refractivity contribution is 0.0987. The molecule has 1 saturated carbocycles. The molecule has 42 heavy (non-hydrogen) atoms. The Kier molecular flexibility index (Phi) is 8.93. The molecule has 1 fully saturated rings. The summed E-state index contributed by atoms with van der Waals surface area (Å²) in [5, 5.41) is 8.04. The van der Waals surface area contributed by atoms with E-state index in [1.54, 1.807) is 23.3 Å². The Hall–Kier alpha value is -4.16. The van der Waals surface area contributed by atoms with Crippen molar-refractivity contribution in [1.82, 2.24) is 25.0 Å². The fourth-order valence-corrected chi connectivity index (χ4v) is 5.78. The molecule has 5 rings (SSSR count). The summed E-state index contributed by atoms with van der Waals surface area (Å²) in [5.41, 5.74) is 6.81. The lowest BCUT2D eigenvalue weighted by Crippen LogP contribution is -2.42. The molecule has 4 atom stereocenters. The SMILES string of the molecule is COCCOc1cc(F)c(-c2nc(C(=O)Cc3cnccc3[C@H]3C[C@@H](N)[C@@H](n4ccnn4)[C@@H](C)C3)ccc2F)c(F)c1. The zero-order chi connectivity index (χ0) is 29.8. The first kappa shape index (κ1) is 29.3. The summed E-state index contributed by atoms with van der Waals surface area (Å²) in [6.07, 6.45) is 8.14. The number of aromatic nitrogens is 5. The first-order valence-electron chi connectivity index (χ1n) is 13.6. The minimum Gasteiger partial charge on any atom is -0.491 e. The number of ketones is 1. The molecule has 4 aromatic rings. The molecule has 1 aliphatic rings. The van der Waals surface area contributed by atoms with E-state index in [4.69, 9.17) is 15.2 Å². The zero-order valence-electron chi connectivity index (χ0n) is 23.2. The fraction of sp³-hybridized carbons (Fsp3) is 0.367. The standard InChI is InChI=1S/C30H31F3N6O3/c1-17-11-18(12-25(34)30(17)39-8-7-36-38-39)21-5-6-35-16-19(21)13-27(40)26-4-3-22(31)29(37-26)28-23(32)14-20(15-24(28)33)42-10-9-41-2/h3-8,14-18,25,30H,9-13,34H2,1-2H3/t17-,18+,25+,30-/m0/s1. The molecule has 0 aliphatic heterocycles. The second-order valence-corrected chi connectivity index (χ2v) is 10.5. The predicted octanol–water partition coefficient (Wildman–Crippen LogP) is 4.69. The number of Topliss-reactive ketones (excluding diaryl/α,β-unsaturated/α-hetero) is 1. The third kappa shape index (κ3) is 6.19. The maximum Gasteiger partial charge on any atom is 0.185 e. The fourth-order valence-electron chi connectivity index (χ4n) is 5.78. The maximum absolute atomic E-state index is 14.9. The highest BCUT2D eigenvalue weighted by atomic mass is 19.1. The van der Waals surface area contributed by atoms with Gasteiger partial charge >= 0.3 is 0 Å². The van der Waals surface area contributed by atoms with Gasteiger partial charge in [-0.2, -0.15) is 0 Å². The van der Waals surface area contributed by atoms with Gasteiger partial charge in [0.15, 0.2) is 5.78 Å². The van der Waals surface area contributed by atoms with Crippen molar-refractivity contribution in [2.45, 2.75) is 44.2 Å². The van der Waals surface area contributed by atoms with Crippen molar-refractivity contribution in [3.05, 3.63) is 89.4 Å². The van der Waals surface area contributed by atoms with Gasteiger partial charge in [-0.05, 0) is 54.0 Å². The van der Waals surface area contributed by atoms with Gasteiger partial charge in [-0.3, -0.25) is 9.78 Å². The molecule has 2 N–H and O–H groups in total. The summed E-state index contributed by atoms with van der Waals surface area (Å²) < 4.78 is 56.6. The van der Waals surface area contributed by atoms with Gasteiger partial charge in [0.25, 0.3) is 0 Å². The highest BCUT2D eigenvalue weighted by molar-refractivity contribution is 5.96. The number of pyridine rings is 2. The monoisotopic (exact) mass is 580 g/mol. The van der Waals surface area contributed by atoms with Crippen LogP contribution in [0.15, 0.2) is 55.1 Å². The van der Waals surface area contributed by atoms with E-state index in [-0.39, 0.29) is 55.0 Å². The highest BCUT2D eigenvalue weighted by Gasteiger charge is 2.36. The highest BCUT2D eigenvalue weighted by Crippen LogP contribution is 2.42. The number of carbonyl (C=O) groups excluding carboxylic acids is 1. The van der Waals surface area contributed by atoms with Gasteiger partial charge in [-0.15, -0.1) is 5.10 Å². The molecule has 0 bridgehead atoms. The number of methoxy groups -OCH3 is 1. The van der Waals surface area contributed by atoms with E-state index >= 15 is 0 Å². The van der Waals surface area contributed by atoms with Crippen molar-refractivity contribution in [1.29, 1.82) is 0 Å². The number of hydrogen-bond donors (Lipinski definition) is 1. The summed E-state index contributed by atoms with van der Waals surface area (Å²) in [6.45, 7) is 2.42. The van der Waals surface area contributed by atoms with Crippen LogP contribution in [0, 0.1) is 23.4 Å². The topological polar surface area (TPSA) is 118 Å². The van der Waals surface area contributed by atoms with Crippen LogP contribution in [0.1, 0.15) is 53.3 Å². The third-order valence-electron chi connectivity index (χ3n) is 7.65. The molecule has 1 aliphatic carbocycles. The van der Waals surface area contributed by atoms with E-state index in [1.165, 1.54) is 13.2 Å². The second-order valence-electron chi connectivity index (χ2n) is 10.5. The number of ether oxygens (including phenoxy) is 2. The van der Waals surface area contributed by atoms with Crippen LogP contribution >= 0.6 is 0 Å². The third-order valence-corrected chi connectivity index (χ3v) is 7.65. The van der Waals surface area contributed by atoms with Gasteiger partial charge in [-0.1, -0.05) is 12.1 Å². The normalized spacial score (nSPS) is 20.4. The van der Waals surface area contributed by atoms with E-state index in [9.17, 15) is 18.0 Å². The minimum atomic E-state index is -1.07. The maximum atomic E-state index is 14.9. The number of rotatable bonds is 10. The Labute approximate surface area is 240 Å². The Morgan fingerprint density at radius 3 is 2.55 bits per heavy atom. The van der Waals surface area contributed by atoms with Gasteiger partial charge < -0.3 is 15.2 Å². The lowest BCUT2D eigenvalue weighted by Gasteiger charge is -2.39. The summed E-state index contributed by atoms with van der Waals surface area (Å²) in [5.74, 6) is -3.36. The van der Waals surface area contributed by atoms with E-state index in [2.05, 4.69) is 27.2 Å². The van der Waals surface area contributed by atoms with E-state index in [0.717, 1.165) is 30.2 Å². The van der Waals surface area contributed by atoms with Crippen LogP contribution in [-0.4, -0.2) is 57.1 Å². The van der Waals surface area contributed by atoms with E-state index < -0.39 is 34.5 Å². The van der Waals surface area contributed by atoms with Crippen LogP contribution < -0.4 is 10.5 Å². The van der Waals surface area contributed by atoms with Crippen LogP contribution in [0.4, 0.5) is 13.2 Å². The van der Waals surface area contributed by atoms with Crippen molar-refractivity contribution in [2.24, 2.45) is 11.7 Å². The number of nitrogens with zero attached hydrogens (tertiary/aromatic N) is 5. The summed E-state index contributed by atoms with van der Waals surface area (Å²) >= 11 is 0. The predicted molar refractivity (Wildman–Crippen MR) is 147 cm³/mol. The molecule has 3 aromatic heterocycles. The number of carbonyl (C=O) groups is 1. The first-order valence-corrected chi connectivity index (χ1v) is 13.6. The molecular formula is C30H31F3N6O3. The van der Waals surface area contributed by atoms with Crippen molar-refractivity contribution in [3.8, 4) is 17.0 Å². The molecule has 0 amide bonds. The Bertz CT molecular complexity index is 1520. The number of benzene rings is 1. The molecule has 0 radical (unpaired) electrons. The molecule has 12 heteroatoms. The molecule has 220 valence electrons. The van der Waals surface area contributed by atoms with E-state index in [1.807, 2.05) is 12.3 Å². The van der Waals surface area contributed by atoms with Crippen LogP contribution in [-0.2, 0) is 11.2 Å². The largest absolute Gasteiger partial charge is 0.491 e. The Balaban J connectivity index is 1.37. The van der Waals surface area contributed by atoms with Gasteiger partial charge in [0, 0.05) is 50.3 Å². The average molecular weight is 581 g/mol. The Morgan fingerprint density at radius 1 is 1.07 bits per heavy atom. The summed E-state index contributed by atoms with van der Waals surface area (Å²) in [4.78, 5) is 21.6. The molecule has 1 aromatic carbocycles. The quantitative estimate of drug-likeness (QED) is 0.212. The van der Waals surface area contributed by atoms with Crippen LogP contribution in [0.3, 0.4) is 0 Å². The second kappa shape index (κ2) is 12.8. The van der Waals surface area contributed by atoms with Crippen molar-refractivity contribution in [3.63, 3.8) is 0 Å². The number of halogens is 3. The molecule has 3 heterocycles. The van der Waals surface area contributed by atoms with Gasteiger partial charge in [0.2, 0.25) is 0 Å². The van der Waals surface area contributed by atoms with E-state index in [0.29, 0.717) is 12.0 Å². The van der Waals surface area contributed by atoms with Gasteiger partial charge in [-0.25, -0.2) is 22.8 Å². The lowest BCUT2D eigenvalue weighted by atomic mass is 9.72. The Morgan fingerprint density at radius 2 is 1.86 bits per heavy atom. The number of hydrogen-bond acceptors (Lipinski definition) is 8. The number of nitrogens with two attached hydrogens (primary N) is 1. The molecule has 0 spiro atoms. The molecule has 0 saturated heterocycles. The van der Waals surface area contributed by atoms with Crippen LogP contribution in [0.25, 0.3) is 11.3 Å².